The van der Waals surface area contributed by atoms with Crippen molar-refractivity contribution in [2.45, 2.75) is 13.0 Å². The highest BCUT2D eigenvalue weighted by molar-refractivity contribution is 7.80. The molecule has 0 aliphatic carbocycles. The van der Waals surface area contributed by atoms with Crippen LogP contribution in [0.15, 0.2) is 18.2 Å². The van der Waals surface area contributed by atoms with Gasteiger partial charge in [-0.3, -0.25) is 4.55 Å². The predicted molar refractivity (Wildman–Crippen MR) is 70.1 cm³/mol. The summed E-state index contributed by atoms with van der Waals surface area (Å²) >= 11 is 0. The maximum Gasteiger partial charge on any atom is 0.397 e. The molecule has 0 heterocycles. The average Bonchev–Trinajstić information content (AvgIpc) is 2.33. The molecular formula is C11H17NO6S. The highest BCUT2D eigenvalue weighted by Gasteiger charge is 2.12. The Hall–Kier alpha value is -1.51. The van der Waals surface area contributed by atoms with Gasteiger partial charge in [0.25, 0.3) is 0 Å². The van der Waals surface area contributed by atoms with E-state index >= 15 is 0 Å². The smallest absolute Gasteiger partial charge is 0.397 e. The summed E-state index contributed by atoms with van der Waals surface area (Å²) in [6.07, 6.45) is -0.716. The summed E-state index contributed by atoms with van der Waals surface area (Å²) in [5.41, 5.74) is 0.682. The number of hydrogen-bond donors (Lipinski definition) is 2. The van der Waals surface area contributed by atoms with Crippen LogP contribution >= 0.6 is 0 Å². The van der Waals surface area contributed by atoms with Crippen molar-refractivity contribution in [1.82, 2.24) is 0 Å². The number of anilines is 1. The summed E-state index contributed by atoms with van der Waals surface area (Å²) in [5, 5.41) is 2.96. The molecule has 0 saturated heterocycles. The van der Waals surface area contributed by atoms with Crippen LogP contribution in [-0.4, -0.2) is 39.8 Å². The van der Waals surface area contributed by atoms with Crippen molar-refractivity contribution < 1.29 is 26.6 Å². The zero-order chi connectivity index (χ0) is 14.5. The predicted octanol–water partition coefficient (Wildman–Crippen LogP) is 1.32. The lowest BCUT2D eigenvalue weighted by atomic mass is 10.2. The number of ether oxygens (including phenoxy) is 2. The molecule has 7 nitrogen and oxygen atoms in total. The Morgan fingerprint density at radius 1 is 1.21 bits per heavy atom. The van der Waals surface area contributed by atoms with Gasteiger partial charge in [0.05, 0.1) is 20.3 Å². The molecule has 1 rings (SSSR count). The SMILES string of the molecule is COc1cc(NCC(C)OS(=O)(=O)O)cc(OC)c1. The van der Waals surface area contributed by atoms with Crippen LogP contribution in [0, 0.1) is 0 Å². The highest BCUT2D eigenvalue weighted by atomic mass is 32.3. The van der Waals surface area contributed by atoms with Crippen molar-refractivity contribution in [3.8, 4) is 11.5 Å². The molecule has 1 atom stereocenters. The van der Waals surface area contributed by atoms with Gasteiger partial charge in [0.15, 0.2) is 0 Å². The van der Waals surface area contributed by atoms with E-state index < -0.39 is 16.5 Å². The lowest BCUT2D eigenvalue weighted by Crippen LogP contribution is -2.23. The van der Waals surface area contributed by atoms with Crippen LogP contribution in [0.2, 0.25) is 0 Å². The second-order valence-corrected chi connectivity index (χ2v) is 4.86. The fourth-order valence-electron chi connectivity index (χ4n) is 1.41. The molecule has 0 aromatic heterocycles. The average molecular weight is 291 g/mol. The fourth-order valence-corrected chi connectivity index (χ4v) is 1.90. The van der Waals surface area contributed by atoms with Crippen LogP contribution in [0.4, 0.5) is 5.69 Å². The molecule has 19 heavy (non-hydrogen) atoms. The van der Waals surface area contributed by atoms with Crippen LogP contribution in [0.1, 0.15) is 6.92 Å². The van der Waals surface area contributed by atoms with Gasteiger partial charge in [0.1, 0.15) is 11.5 Å². The zero-order valence-corrected chi connectivity index (χ0v) is 11.7. The van der Waals surface area contributed by atoms with Crippen molar-refractivity contribution in [3.63, 3.8) is 0 Å². The summed E-state index contributed by atoms with van der Waals surface area (Å²) in [4.78, 5) is 0. The second-order valence-electron chi connectivity index (χ2n) is 3.82. The molecule has 108 valence electrons. The molecule has 0 fully saturated rings. The molecule has 1 aromatic carbocycles. The van der Waals surface area contributed by atoms with Crippen molar-refractivity contribution in [2.75, 3.05) is 26.1 Å². The Morgan fingerprint density at radius 2 is 1.74 bits per heavy atom. The monoisotopic (exact) mass is 291 g/mol. The van der Waals surface area contributed by atoms with Crippen LogP contribution in [-0.2, 0) is 14.6 Å². The van der Waals surface area contributed by atoms with Gasteiger partial charge in [-0.2, -0.15) is 8.42 Å². The highest BCUT2D eigenvalue weighted by Crippen LogP contribution is 2.25. The van der Waals surface area contributed by atoms with E-state index in [-0.39, 0.29) is 6.54 Å². The van der Waals surface area contributed by atoms with Crippen molar-refractivity contribution in [2.24, 2.45) is 0 Å². The van der Waals surface area contributed by atoms with E-state index in [4.69, 9.17) is 14.0 Å². The first-order valence-electron chi connectivity index (χ1n) is 5.46. The van der Waals surface area contributed by atoms with Gasteiger partial charge in [-0.1, -0.05) is 0 Å². The first kappa shape index (κ1) is 15.5. The summed E-state index contributed by atoms with van der Waals surface area (Å²) < 4.78 is 44.1. The van der Waals surface area contributed by atoms with E-state index in [0.29, 0.717) is 17.2 Å². The third-order valence-corrected chi connectivity index (χ3v) is 2.80. The van der Waals surface area contributed by atoms with E-state index in [1.54, 1.807) is 18.2 Å². The first-order chi connectivity index (χ1) is 8.84. The van der Waals surface area contributed by atoms with Crippen LogP contribution in [0.5, 0.6) is 11.5 Å². The Labute approximate surface area is 112 Å². The van der Waals surface area contributed by atoms with Gasteiger partial charge in [-0.15, -0.1) is 0 Å². The molecule has 0 bridgehead atoms. The molecule has 8 heteroatoms. The van der Waals surface area contributed by atoms with E-state index in [2.05, 4.69) is 9.50 Å². The Kier molecular flexibility index (Phi) is 5.40. The molecule has 0 aliphatic heterocycles. The lowest BCUT2D eigenvalue weighted by molar-refractivity contribution is 0.208. The summed E-state index contributed by atoms with van der Waals surface area (Å²) in [7, 11) is -1.38. The molecule has 0 radical (unpaired) electrons. The third kappa shape index (κ3) is 5.77. The quantitative estimate of drug-likeness (QED) is 0.732. The number of rotatable bonds is 7. The summed E-state index contributed by atoms with van der Waals surface area (Å²) in [6.45, 7) is 1.70. The molecule has 0 spiro atoms. The Morgan fingerprint density at radius 3 is 2.16 bits per heavy atom. The van der Waals surface area contributed by atoms with Crippen molar-refractivity contribution in [3.05, 3.63) is 18.2 Å². The van der Waals surface area contributed by atoms with Gasteiger partial charge in [-0.05, 0) is 6.92 Å². The zero-order valence-electron chi connectivity index (χ0n) is 10.9. The van der Waals surface area contributed by atoms with Gasteiger partial charge in [-0.25, -0.2) is 4.18 Å². The molecule has 1 unspecified atom stereocenters. The number of methoxy groups -OCH3 is 2. The van der Waals surface area contributed by atoms with E-state index in [1.165, 1.54) is 21.1 Å². The minimum Gasteiger partial charge on any atom is -0.497 e. The van der Waals surface area contributed by atoms with E-state index in [1.807, 2.05) is 0 Å². The number of benzene rings is 1. The summed E-state index contributed by atoms with van der Waals surface area (Å²) in [5.74, 6) is 1.20. The standard InChI is InChI=1S/C11H17NO6S/c1-8(18-19(13,14)15)7-12-9-4-10(16-2)6-11(5-9)17-3/h4-6,8,12H,7H2,1-3H3,(H,13,14,15). The van der Waals surface area contributed by atoms with Gasteiger partial charge in [0.2, 0.25) is 0 Å². The third-order valence-electron chi connectivity index (χ3n) is 2.23. The Balaban J connectivity index is 2.66. The maximum atomic E-state index is 10.5. The molecule has 1 aromatic rings. The largest absolute Gasteiger partial charge is 0.497 e. The maximum absolute atomic E-state index is 10.5. The first-order valence-corrected chi connectivity index (χ1v) is 6.83. The second kappa shape index (κ2) is 6.60. The van der Waals surface area contributed by atoms with Crippen molar-refractivity contribution in [1.29, 1.82) is 0 Å². The van der Waals surface area contributed by atoms with E-state index in [9.17, 15) is 8.42 Å². The van der Waals surface area contributed by atoms with Crippen LogP contribution in [0.3, 0.4) is 0 Å². The molecule has 0 aliphatic rings. The molecule has 2 N–H and O–H groups in total. The number of hydrogen-bond acceptors (Lipinski definition) is 6. The number of nitrogens with one attached hydrogen (secondary N) is 1. The summed E-state index contributed by atoms with van der Waals surface area (Å²) in [6, 6.07) is 5.16. The van der Waals surface area contributed by atoms with Crippen LogP contribution in [0.25, 0.3) is 0 Å². The minimum atomic E-state index is -4.44. The van der Waals surface area contributed by atoms with Gasteiger partial charge in [0, 0.05) is 30.4 Å². The molecular weight excluding hydrogens is 274 g/mol. The minimum absolute atomic E-state index is 0.191. The van der Waals surface area contributed by atoms with Crippen LogP contribution < -0.4 is 14.8 Å². The van der Waals surface area contributed by atoms with E-state index in [0.717, 1.165) is 0 Å². The Bertz CT molecular complexity index is 494. The lowest BCUT2D eigenvalue weighted by Gasteiger charge is -2.14. The normalized spacial score (nSPS) is 12.8. The molecule has 0 amide bonds. The van der Waals surface area contributed by atoms with Crippen molar-refractivity contribution >= 4 is 16.1 Å². The topological polar surface area (TPSA) is 94.1 Å². The van der Waals surface area contributed by atoms with Gasteiger partial charge >= 0.3 is 10.4 Å². The molecule has 0 saturated carbocycles. The van der Waals surface area contributed by atoms with Gasteiger partial charge < -0.3 is 14.8 Å². The fraction of sp³-hybridized carbons (Fsp3) is 0.455.